The predicted molar refractivity (Wildman–Crippen MR) is 95.1 cm³/mol. The van der Waals surface area contributed by atoms with Gasteiger partial charge in [0, 0.05) is 18.1 Å². The Bertz CT molecular complexity index is 834. The van der Waals surface area contributed by atoms with Crippen molar-refractivity contribution in [1.82, 2.24) is 0 Å². The van der Waals surface area contributed by atoms with Crippen molar-refractivity contribution in [3.8, 4) is 0 Å². The largest absolute Gasteiger partial charge is 0.383 e. The maximum absolute atomic E-state index is 13.1. The van der Waals surface area contributed by atoms with Crippen LogP contribution in [-0.2, 0) is 14.6 Å². The van der Waals surface area contributed by atoms with Gasteiger partial charge in [0.15, 0.2) is 9.84 Å². The lowest BCUT2D eigenvalue weighted by Crippen LogP contribution is -2.35. The number of methoxy groups -OCH3 is 1. The molecule has 0 bridgehead atoms. The van der Waals surface area contributed by atoms with Crippen molar-refractivity contribution in [2.45, 2.75) is 28.5 Å². The zero-order valence-electron chi connectivity index (χ0n) is 13.6. The molecule has 3 atom stereocenters. The first-order valence-electron chi connectivity index (χ1n) is 7.64. The highest BCUT2D eigenvalue weighted by Crippen LogP contribution is 2.55. The summed E-state index contributed by atoms with van der Waals surface area (Å²) in [5.74, 6) is -0.319. The van der Waals surface area contributed by atoms with Crippen molar-refractivity contribution in [2.75, 3.05) is 13.7 Å². The number of aryl methyl sites for hydroxylation is 1. The molecule has 0 saturated heterocycles. The fourth-order valence-corrected chi connectivity index (χ4v) is 5.76. The smallest absolute Gasteiger partial charge is 0.183 e. The van der Waals surface area contributed by atoms with Crippen LogP contribution in [0.2, 0.25) is 5.02 Å². The van der Waals surface area contributed by atoms with Crippen molar-refractivity contribution in [3.05, 3.63) is 64.7 Å². The lowest BCUT2D eigenvalue weighted by molar-refractivity contribution is 0.171. The van der Waals surface area contributed by atoms with Crippen LogP contribution >= 0.6 is 11.6 Å². The summed E-state index contributed by atoms with van der Waals surface area (Å²) >= 11 is 5.93. The number of hydrogen-bond donors (Lipinski definition) is 1. The van der Waals surface area contributed by atoms with Crippen molar-refractivity contribution >= 4 is 21.4 Å². The molecule has 2 N–H and O–H groups in total. The van der Waals surface area contributed by atoms with E-state index >= 15 is 0 Å². The van der Waals surface area contributed by atoms with E-state index in [9.17, 15) is 8.42 Å². The van der Waals surface area contributed by atoms with Crippen LogP contribution in [0.4, 0.5) is 0 Å². The minimum absolute atomic E-state index is 0.177. The highest BCUT2D eigenvalue weighted by molar-refractivity contribution is 7.92. The van der Waals surface area contributed by atoms with Crippen molar-refractivity contribution in [2.24, 2.45) is 5.73 Å². The molecule has 0 spiro atoms. The third-order valence-corrected chi connectivity index (χ3v) is 7.17. The molecule has 3 rings (SSSR count). The Morgan fingerprint density at radius 1 is 1.12 bits per heavy atom. The highest BCUT2D eigenvalue weighted by Gasteiger charge is 2.69. The first-order valence-corrected chi connectivity index (χ1v) is 9.57. The minimum atomic E-state index is -3.56. The van der Waals surface area contributed by atoms with Crippen molar-refractivity contribution in [1.29, 1.82) is 0 Å². The molecule has 3 unspecified atom stereocenters. The Hall–Kier alpha value is -1.40. The molecule has 0 aliphatic heterocycles. The second kappa shape index (κ2) is 6.15. The molecule has 128 valence electrons. The van der Waals surface area contributed by atoms with E-state index in [2.05, 4.69) is 0 Å². The van der Waals surface area contributed by atoms with Gasteiger partial charge in [-0.2, -0.15) is 0 Å². The quantitative estimate of drug-likeness (QED) is 0.884. The van der Waals surface area contributed by atoms with E-state index in [-0.39, 0.29) is 12.5 Å². The molecule has 0 aromatic heterocycles. The summed E-state index contributed by atoms with van der Waals surface area (Å²) in [5, 5.41) is -0.111. The Morgan fingerprint density at radius 3 is 2.25 bits per heavy atom. The van der Waals surface area contributed by atoms with Crippen LogP contribution in [0.3, 0.4) is 0 Å². The summed E-state index contributed by atoms with van der Waals surface area (Å²) in [7, 11) is -2.03. The Kier molecular flexibility index (Phi) is 4.47. The molecule has 6 heteroatoms. The van der Waals surface area contributed by atoms with E-state index < -0.39 is 20.6 Å². The van der Waals surface area contributed by atoms with Gasteiger partial charge < -0.3 is 10.5 Å². The van der Waals surface area contributed by atoms with Gasteiger partial charge in [-0.3, -0.25) is 0 Å². The Labute approximate surface area is 147 Å². The summed E-state index contributed by atoms with van der Waals surface area (Å²) in [6.45, 7) is 2.10. The molecule has 1 aliphatic rings. The third-order valence-electron chi connectivity index (χ3n) is 4.61. The third kappa shape index (κ3) is 2.86. The summed E-state index contributed by atoms with van der Waals surface area (Å²) < 4.78 is 31.4. The molecule has 0 amide bonds. The lowest BCUT2D eigenvalue weighted by atomic mass is 10.1. The normalized spacial score (nSPS) is 26.3. The minimum Gasteiger partial charge on any atom is -0.383 e. The standard InChI is InChI=1S/C18H20ClNO3S/c1-12-3-9-15(10-4-12)24(21,22)17-16(18(17,20)11-23-2)13-5-7-14(19)8-6-13/h3-10,16-17H,11,20H2,1-2H3. The SMILES string of the molecule is COCC1(N)C(c2ccc(Cl)cc2)C1S(=O)(=O)c1ccc(C)cc1. The molecule has 1 fully saturated rings. The highest BCUT2D eigenvalue weighted by atomic mass is 35.5. The Morgan fingerprint density at radius 2 is 1.71 bits per heavy atom. The summed E-state index contributed by atoms with van der Waals surface area (Å²) in [6.07, 6.45) is 0. The zero-order chi connectivity index (χ0) is 17.5. The summed E-state index contributed by atoms with van der Waals surface area (Å²) in [5.41, 5.74) is 7.36. The first-order chi connectivity index (χ1) is 11.3. The molecular formula is C18H20ClNO3S. The summed E-state index contributed by atoms with van der Waals surface area (Å²) in [4.78, 5) is 0.292. The monoisotopic (exact) mass is 365 g/mol. The fraction of sp³-hybridized carbons (Fsp3) is 0.333. The number of halogens is 1. The molecular weight excluding hydrogens is 346 g/mol. The zero-order valence-corrected chi connectivity index (χ0v) is 15.1. The average Bonchev–Trinajstić information content (AvgIpc) is 3.15. The molecule has 1 saturated carbocycles. The van der Waals surface area contributed by atoms with Gasteiger partial charge in [0.2, 0.25) is 0 Å². The number of rotatable bonds is 5. The topological polar surface area (TPSA) is 69.4 Å². The van der Waals surface area contributed by atoms with Gasteiger partial charge in [-0.1, -0.05) is 41.4 Å². The molecule has 24 heavy (non-hydrogen) atoms. The number of benzene rings is 2. The van der Waals surface area contributed by atoms with Crippen LogP contribution in [0.25, 0.3) is 0 Å². The second-order valence-corrected chi connectivity index (χ2v) is 8.86. The van der Waals surface area contributed by atoms with Crippen LogP contribution in [0.5, 0.6) is 0 Å². The van der Waals surface area contributed by atoms with Gasteiger partial charge in [-0.15, -0.1) is 0 Å². The van der Waals surface area contributed by atoms with Crippen LogP contribution in [0, 0.1) is 6.92 Å². The van der Waals surface area contributed by atoms with Crippen LogP contribution in [0.15, 0.2) is 53.4 Å². The number of hydrogen-bond acceptors (Lipinski definition) is 4. The maximum atomic E-state index is 13.1. The number of sulfone groups is 1. The van der Waals surface area contributed by atoms with Gasteiger partial charge in [-0.25, -0.2) is 8.42 Å². The summed E-state index contributed by atoms with van der Waals surface area (Å²) in [6, 6.07) is 14.0. The molecule has 4 nitrogen and oxygen atoms in total. The van der Waals surface area contributed by atoms with Crippen LogP contribution < -0.4 is 5.73 Å². The van der Waals surface area contributed by atoms with Crippen LogP contribution in [-0.4, -0.2) is 32.9 Å². The van der Waals surface area contributed by atoms with E-state index in [4.69, 9.17) is 22.1 Å². The van der Waals surface area contributed by atoms with Gasteiger partial charge in [0.1, 0.15) is 0 Å². The van der Waals surface area contributed by atoms with Gasteiger partial charge in [0.05, 0.1) is 22.3 Å². The molecule has 2 aromatic rings. The lowest BCUT2D eigenvalue weighted by Gasteiger charge is -2.11. The molecule has 1 aliphatic carbocycles. The Balaban J connectivity index is 2.01. The molecule has 0 radical (unpaired) electrons. The molecule has 0 heterocycles. The van der Waals surface area contributed by atoms with E-state index in [1.165, 1.54) is 7.11 Å². The predicted octanol–water partition coefficient (Wildman–Crippen LogP) is 2.93. The van der Waals surface area contributed by atoms with E-state index in [0.29, 0.717) is 9.92 Å². The van der Waals surface area contributed by atoms with Crippen LogP contribution in [0.1, 0.15) is 17.0 Å². The van der Waals surface area contributed by atoms with E-state index in [1.807, 2.05) is 19.1 Å². The molecule has 2 aromatic carbocycles. The van der Waals surface area contributed by atoms with E-state index in [1.54, 1.807) is 36.4 Å². The van der Waals surface area contributed by atoms with Crippen molar-refractivity contribution < 1.29 is 13.2 Å². The van der Waals surface area contributed by atoms with Gasteiger partial charge in [-0.05, 0) is 36.8 Å². The number of ether oxygens (including phenoxy) is 1. The van der Waals surface area contributed by atoms with Gasteiger partial charge >= 0.3 is 0 Å². The van der Waals surface area contributed by atoms with Gasteiger partial charge in [0.25, 0.3) is 0 Å². The van der Waals surface area contributed by atoms with E-state index in [0.717, 1.165) is 11.1 Å². The fourth-order valence-electron chi connectivity index (χ4n) is 3.34. The first kappa shape index (κ1) is 17.4. The van der Waals surface area contributed by atoms with Crippen molar-refractivity contribution in [3.63, 3.8) is 0 Å². The maximum Gasteiger partial charge on any atom is 0.183 e. The average molecular weight is 366 g/mol. The number of nitrogens with two attached hydrogens (primary N) is 1. The second-order valence-electron chi connectivity index (χ2n) is 6.35.